The lowest BCUT2D eigenvalue weighted by molar-refractivity contribution is -0.150. The molecule has 14 heavy (non-hydrogen) atoms. The number of amides is 1. The van der Waals surface area contributed by atoms with Crippen molar-refractivity contribution in [2.75, 3.05) is 0 Å². The van der Waals surface area contributed by atoms with E-state index >= 15 is 0 Å². The topological polar surface area (TPSA) is 66.4 Å². The van der Waals surface area contributed by atoms with Gasteiger partial charge in [-0.15, -0.1) is 0 Å². The fourth-order valence-corrected chi connectivity index (χ4v) is 0.986. The van der Waals surface area contributed by atoms with Gasteiger partial charge >= 0.3 is 11.9 Å². The van der Waals surface area contributed by atoms with E-state index in [0.717, 1.165) is 5.56 Å². The summed E-state index contributed by atoms with van der Waals surface area (Å²) in [6.07, 6.45) is 0. The fraction of sp³-hybridized carbons (Fsp3) is 0.111. The Bertz CT molecular complexity index is 348. The van der Waals surface area contributed by atoms with Crippen LogP contribution in [0.15, 0.2) is 24.3 Å². The predicted molar refractivity (Wildman–Crippen MR) is 50.9 cm³/mol. The van der Waals surface area contributed by atoms with Crippen molar-refractivity contribution in [3.05, 3.63) is 34.9 Å². The molecule has 2 N–H and O–H groups in total. The third-order valence-corrected chi connectivity index (χ3v) is 1.81. The van der Waals surface area contributed by atoms with Crippen molar-refractivity contribution < 1.29 is 14.7 Å². The number of benzene rings is 1. The zero-order valence-corrected chi connectivity index (χ0v) is 7.91. The second-order valence-electron chi connectivity index (χ2n) is 2.61. The predicted octanol–water partition coefficient (Wildman–Crippen LogP) is 1.04. The van der Waals surface area contributed by atoms with Crippen LogP contribution in [0.25, 0.3) is 0 Å². The molecular weight excluding hydrogens is 206 g/mol. The van der Waals surface area contributed by atoms with E-state index in [4.69, 9.17) is 16.7 Å². The first kappa shape index (κ1) is 10.5. The van der Waals surface area contributed by atoms with Crippen molar-refractivity contribution in [1.82, 2.24) is 5.32 Å². The Balaban J connectivity index is 2.50. The summed E-state index contributed by atoms with van der Waals surface area (Å²) in [5, 5.41) is 11.1. The van der Waals surface area contributed by atoms with Gasteiger partial charge in [0.25, 0.3) is 0 Å². The van der Waals surface area contributed by atoms with E-state index in [1.54, 1.807) is 24.3 Å². The Morgan fingerprint density at radius 1 is 1.29 bits per heavy atom. The molecule has 1 aromatic rings. The summed E-state index contributed by atoms with van der Waals surface area (Å²) in [5.74, 6) is -2.50. The molecule has 0 unspecified atom stereocenters. The summed E-state index contributed by atoms with van der Waals surface area (Å²) in [4.78, 5) is 20.8. The maximum absolute atomic E-state index is 10.6. The van der Waals surface area contributed by atoms with E-state index in [-0.39, 0.29) is 6.54 Å². The van der Waals surface area contributed by atoms with E-state index < -0.39 is 11.9 Å². The lowest BCUT2D eigenvalue weighted by atomic mass is 10.2. The standard InChI is InChI=1S/C9H8ClNO3/c10-7-3-1-6(2-4-7)5-11-8(12)9(13)14/h1-4H,5H2,(H,11,12)(H,13,14). The van der Waals surface area contributed by atoms with Gasteiger partial charge in [-0.1, -0.05) is 23.7 Å². The van der Waals surface area contributed by atoms with Crippen LogP contribution < -0.4 is 5.32 Å². The lowest BCUT2D eigenvalue weighted by Gasteiger charge is -2.01. The summed E-state index contributed by atoms with van der Waals surface area (Å²) >= 11 is 5.64. The zero-order chi connectivity index (χ0) is 10.6. The average Bonchev–Trinajstić information content (AvgIpc) is 2.16. The molecule has 0 atom stereocenters. The monoisotopic (exact) mass is 213 g/mol. The molecule has 1 amide bonds. The number of rotatable bonds is 2. The third-order valence-electron chi connectivity index (χ3n) is 1.56. The van der Waals surface area contributed by atoms with Crippen molar-refractivity contribution in [3.63, 3.8) is 0 Å². The average molecular weight is 214 g/mol. The summed E-state index contributed by atoms with van der Waals surface area (Å²) in [6, 6.07) is 6.77. The maximum Gasteiger partial charge on any atom is 0.394 e. The zero-order valence-electron chi connectivity index (χ0n) is 7.16. The first-order chi connectivity index (χ1) is 6.59. The Hall–Kier alpha value is -1.55. The number of carboxylic acids is 1. The van der Waals surface area contributed by atoms with Crippen molar-refractivity contribution >= 4 is 23.5 Å². The number of hydrogen-bond donors (Lipinski definition) is 2. The normalized spacial score (nSPS) is 9.50. The van der Waals surface area contributed by atoms with Gasteiger partial charge in [0.2, 0.25) is 0 Å². The second kappa shape index (κ2) is 4.62. The molecule has 0 radical (unpaired) electrons. The Kier molecular flexibility index (Phi) is 3.48. The van der Waals surface area contributed by atoms with E-state index in [9.17, 15) is 9.59 Å². The molecule has 74 valence electrons. The van der Waals surface area contributed by atoms with E-state index in [2.05, 4.69) is 5.32 Å². The molecule has 0 heterocycles. The molecule has 0 saturated heterocycles. The van der Waals surface area contributed by atoms with Gasteiger partial charge in [-0.2, -0.15) is 0 Å². The van der Waals surface area contributed by atoms with Gasteiger partial charge in [-0.05, 0) is 17.7 Å². The summed E-state index contributed by atoms with van der Waals surface area (Å²) in [7, 11) is 0. The van der Waals surface area contributed by atoms with E-state index in [1.165, 1.54) is 0 Å². The number of carbonyl (C=O) groups is 2. The Labute approximate surface area is 85.5 Å². The first-order valence-corrected chi connectivity index (χ1v) is 4.23. The summed E-state index contributed by atoms with van der Waals surface area (Å²) in [6.45, 7) is 0.183. The molecule has 1 rings (SSSR count). The van der Waals surface area contributed by atoms with Gasteiger partial charge in [-0.25, -0.2) is 4.79 Å². The first-order valence-electron chi connectivity index (χ1n) is 3.85. The van der Waals surface area contributed by atoms with Crippen molar-refractivity contribution in [2.24, 2.45) is 0 Å². The summed E-state index contributed by atoms with van der Waals surface area (Å²) < 4.78 is 0. The van der Waals surface area contributed by atoms with Crippen molar-refractivity contribution in [3.8, 4) is 0 Å². The highest BCUT2D eigenvalue weighted by Crippen LogP contribution is 2.08. The van der Waals surface area contributed by atoms with Crippen molar-refractivity contribution in [1.29, 1.82) is 0 Å². The molecule has 0 aromatic heterocycles. The quantitative estimate of drug-likeness (QED) is 0.722. The molecule has 4 nitrogen and oxygen atoms in total. The molecule has 0 bridgehead atoms. The minimum absolute atomic E-state index is 0.183. The van der Waals surface area contributed by atoms with Crippen molar-refractivity contribution in [2.45, 2.75) is 6.54 Å². The Morgan fingerprint density at radius 3 is 2.36 bits per heavy atom. The molecule has 0 spiro atoms. The van der Waals surface area contributed by atoms with Crippen LogP contribution in [-0.2, 0) is 16.1 Å². The number of carboxylic acid groups (broad SMARTS) is 1. The van der Waals surface area contributed by atoms with Crippen LogP contribution in [0.4, 0.5) is 0 Å². The van der Waals surface area contributed by atoms with Gasteiger partial charge in [0, 0.05) is 11.6 Å². The molecule has 0 aliphatic carbocycles. The molecule has 0 saturated carbocycles. The smallest absolute Gasteiger partial charge is 0.394 e. The van der Waals surface area contributed by atoms with Gasteiger partial charge in [0.05, 0.1) is 0 Å². The minimum atomic E-state index is -1.49. The molecule has 1 aromatic carbocycles. The maximum atomic E-state index is 10.6. The number of carbonyl (C=O) groups excluding carboxylic acids is 1. The number of hydrogen-bond acceptors (Lipinski definition) is 2. The third kappa shape index (κ3) is 3.06. The van der Waals surface area contributed by atoms with Crippen LogP contribution in [0.5, 0.6) is 0 Å². The lowest BCUT2D eigenvalue weighted by Crippen LogP contribution is -2.29. The largest absolute Gasteiger partial charge is 0.474 e. The molecular formula is C9H8ClNO3. The number of nitrogens with one attached hydrogen (secondary N) is 1. The van der Waals surface area contributed by atoms with Crippen LogP contribution in [-0.4, -0.2) is 17.0 Å². The van der Waals surface area contributed by atoms with Crippen LogP contribution >= 0.6 is 11.6 Å². The highest BCUT2D eigenvalue weighted by molar-refractivity contribution is 6.31. The van der Waals surface area contributed by atoms with Gasteiger partial charge in [-0.3, -0.25) is 4.79 Å². The number of halogens is 1. The molecule has 5 heteroatoms. The second-order valence-corrected chi connectivity index (χ2v) is 3.05. The Morgan fingerprint density at radius 2 is 1.86 bits per heavy atom. The molecule has 0 aliphatic heterocycles. The minimum Gasteiger partial charge on any atom is -0.474 e. The van der Waals surface area contributed by atoms with E-state index in [0.29, 0.717) is 5.02 Å². The van der Waals surface area contributed by atoms with Gasteiger partial charge in [0.15, 0.2) is 0 Å². The van der Waals surface area contributed by atoms with Gasteiger partial charge < -0.3 is 10.4 Å². The fourth-order valence-electron chi connectivity index (χ4n) is 0.860. The van der Waals surface area contributed by atoms with Gasteiger partial charge in [0.1, 0.15) is 0 Å². The van der Waals surface area contributed by atoms with Crippen LogP contribution in [0.1, 0.15) is 5.56 Å². The highest BCUT2D eigenvalue weighted by Gasteiger charge is 2.09. The van der Waals surface area contributed by atoms with Crippen LogP contribution in [0.3, 0.4) is 0 Å². The van der Waals surface area contributed by atoms with E-state index in [1.807, 2.05) is 0 Å². The van der Waals surface area contributed by atoms with Crippen LogP contribution in [0.2, 0.25) is 5.02 Å². The highest BCUT2D eigenvalue weighted by atomic mass is 35.5. The SMILES string of the molecule is O=C(O)C(=O)NCc1ccc(Cl)cc1. The number of aliphatic carboxylic acids is 1. The summed E-state index contributed by atoms with van der Waals surface area (Å²) in [5.41, 5.74) is 0.795. The van der Waals surface area contributed by atoms with Crippen LogP contribution in [0, 0.1) is 0 Å². The molecule has 0 aliphatic rings. The molecule has 0 fully saturated rings.